The molecule has 0 amide bonds. The van der Waals surface area contributed by atoms with E-state index in [9.17, 15) is 0 Å². The van der Waals surface area contributed by atoms with Crippen molar-refractivity contribution in [3.05, 3.63) is 16.1 Å². The van der Waals surface area contributed by atoms with Crippen molar-refractivity contribution in [1.82, 2.24) is 9.88 Å². The Morgan fingerprint density at radius 2 is 2.38 bits per heavy atom. The first-order valence-electron chi connectivity index (χ1n) is 5.64. The molecule has 2 rings (SSSR count). The second kappa shape index (κ2) is 6.55. The van der Waals surface area contributed by atoms with Gasteiger partial charge in [-0.2, -0.15) is 0 Å². The van der Waals surface area contributed by atoms with E-state index >= 15 is 0 Å². The summed E-state index contributed by atoms with van der Waals surface area (Å²) in [6.45, 7) is 5.11. The predicted octanol–water partition coefficient (Wildman–Crippen LogP) is 2.19. The molecule has 5 heteroatoms. The molecule has 0 saturated carbocycles. The van der Waals surface area contributed by atoms with Crippen molar-refractivity contribution in [2.45, 2.75) is 38.8 Å². The third kappa shape index (κ3) is 3.17. The molecule has 16 heavy (non-hydrogen) atoms. The summed E-state index contributed by atoms with van der Waals surface area (Å²) >= 11 is 1.76. The maximum absolute atomic E-state index is 5.81. The zero-order valence-corrected chi connectivity index (χ0v) is 11.3. The van der Waals surface area contributed by atoms with Gasteiger partial charge in [-0.3, -0.25) is 4.90 Å². The van der Waals surface area contributed by atoms with Gasteiger partial charge in [-0.05, 0) is 26.3 Å². The highest BCUT2D eigenvalue weighted by molar-refractivity contribution is 7.09. The molecule has 0 aromatic carbocycles. The number of hydrogen-bond acceptors (Lipinski definition) is 4. The maximum Gasteiger partial charge on any atom is 0.0798 e. The third-order valence-corrected chi connectivity index (χ3v) is 4.13. The Labute approximate surface area is 107 Å². The highest BCUT2D eigenvalue weighted by Crippen LogP contribution is 2.21. The Bertz CT molecular complexity index is 316. The van der Waals surface area contributed by atoms with Crippen molar-refractivity contribution in [3.63, 3.8) is 0 Å². The van der Waals surface area contributed by atoms with E-state index in [2.05, 4.69) is 16.8 Å². The Balaban J connectivity index is 0.00000128. The number of nitrogens with zero attached hydrogens (tertiary/aromatic N) is 2. The molecule has 0 spiro atoms. The molecule has 0 bridgehead atoms. The van der Waals surface area contributed by atoms with E-state index in [1.807, 2.05) is 5.51 Å². The maximum atomic E-state index is 5.81. The molecule has 92 valence electrons. The van der Waals surface area contributed by atoms with Gasteiger partial charge in [-0.25, -0.2) is 4.98 Å². The summed E-state index contributed by atoms with van der Waals surface area (Å²) in [5, 5.41) is 0. The Kier molecular flexibility index (Phi) is 5.69. The van der Waals surface area contributed by atoms with Crippen LogP contribution < -0.4 is 5.73 Å². The van der Waals surface area contributed by atoms with Crippen LogP contribution in [0.5, 0.6) is 0 Å². The average Bonchev–Trinajstić information content (AvgIpc) is 2.65. The fraction of sp³-hybridized carbons (Fsp3) is 0.727. The monoisotopic (exact) mass is 261 g/mol. The number of piperidine rings is 1. The minimum atomic E-state index is 0. The van der Waals surface area contributed by atoms with Crippen molar-refractivity contribution in [2.24, 2.45) is 5.73 Å². The number of halogens is 1. The number of likely N-dealkylation sites (tertiary alicyclic amines) is 1. The zero-order chi connectivity index (χ0) is 10.7. The van der Waals surface area contributed by atoms with Crippen LogP contribution in [0.3, 0.4) is 0 Å². The van der Waals surface area contributed by atoms with Gasteiger partial charge in [0.25, 0.3) is 0 Å². The summed E-state index contributed by atoms with van der Waals surface area (Å²) in [4.78, 5) is 8.21. The number of thiazole rings is 1. The van der Waals surface area contributed by atoms with Crippen LogP contribution >= 0.6 is 23.7 Å². The second-order valence-corrected chi connectivity index (χ2v) is 5.16. The van der Waals surface area contributed by atoms with E-state index in [0.29, 0.717) is 6.04 Å². The van der Waals surface area contributed by atoms with Gasteiger partial charge in [0.15, 0.2) is 0 Å². The summed E-state index contributed by atoms with van der Waals surface area (Å²) in [6.07, 6.45) is 3.91. The van der Waals surface area contributed by atoms with Crippen molar-refractivity contribution in [1.29, 1.82) is 0 Å². The lowest BCUT2D eigenvalue weighted by atomic mass is 10.0. The first-order valence-corrected chi connectivity index (χ1v) is 6.52. The van der Waals surface area contributed by atoms with Crippen LogP contribution in [-0.2, 0) is 6.54 Å². The molecule has 1 aliphatic heterocycles. The van der Waals surface area contributed by atoms with E-state index in [4.69, 9.17) is 5.73 Å². The number of nitrogens with two attached hydrogens (primary N) is 1. The van der Waals surface area contributed by atoms with Crippen molar-refractivity contribution < 1.29 is 0 Å². The van der Waals surface area contributed by atoms with Gasteiger partial charge in [0.2, 0.25) is 0 Å². The third-order valence-electron chi connectivity index (χ3n) is 3.21. The molecule has 1 fully saturated rings. The van der Waals surface area contributed by atoms with Crippen LogP contribution in [0.15, 0.2) is 5.51 Å². The zero-order valence-electron chi connectivity index (χ0n) is 9.69. The Morgan fingerprint density at radius 1 is 1.56 bits per heavy atom. The number of hydrogen-bond donors (Lipinski definition) is 1. The van der Waals surface area contributed by atoms with E-state index in [1.165, 1.54) is 36.4 Å². The Hall–Kier alpha value is -0.160. The van der Waals surface area contributed by atoms with Gasteiger partial charge in [-0.1, -0.05) is 6.42 Å². The summed E-state index contributed by atoms with van der Waals surface area (Å²) < 4.78 is 0. The number of rotatable bonds is 3. The van der Waals surface area contributed by atoms with Gasteiger partial charge >= 0.3 is 0 Å². The van der Waals surface area contributed by atoms with Crippen LogP contribution in [0.25, 0.3) is 0 Å². The highest BCUT2D eigenvalue weighted by atomic mass is 35.5. The predicted molar refractivity (Wildman–Crippen MR) is 71.2 cm³/mol. The van der Waals surface area contributed by atoms with Gasteiger partial charge < -0.3 is 5.73 Å². The molecule has 0 aliphatic carbocycles. The molecule has 1 unspecified atom stereocenters. The smallest absolute Gasteiger partial charge is 0.0798 e. The molecular formula is C11H20ClN3S. The van der Waals surface area contributed by atoms with Gasteiger partial charge in [0.05, 0.1) is 11.2 Å². The van der Waals surface area contributed by atoms with Gasteiger partial charge in [-0.15, -0.1) is 23.7 Å². The Morgan fingerprint density at radius 3 is 3.00 bits per heavy atom. The molecule has 1 atom stereocenters. The highest BCUT2D eigenvalue weighted by Gasteiger charge is 2.21. The molecule has 1 aliphatic rings. The molecule has 2 N–H and O–H groups in total. The first kappa shape index (κ1) is 13.9. The lowest BCUT2D eigenvalue weighted by molar-refractivity contribution is 0.146. The number of aromatic nitrogens is 1. The molecule has 3 nitrogen and oxygen atoms in total. The van der Waals surface area contributed by atoms with Crippen molar-refractivity contribution in [3.8, 4) is 0 Å². The normalized spacial score (nSPS) is 21.8. The van der Waals surface area contributed by atoms with E-state index in [0.717, 1.165) is 13.1 Å². The molecule has 1 saturated heterocycles. The fourth-order valence-corrected chi connectivity index (χ4v) is 3.00. The van der Waals surface area contributed by atoms with Crippen LogP contribution in [0.1, 0.15) is 29.8 Å². The summed E-state index contributed by atoms with van der Waals surface area (Å²) in [7, 11) is 0. The van der Waals surface area contributed by atoms with Crippen molar-refractivity contribution in [2.75, 3.05) is 13.1 Å². The average molecular weight is 262 g/mol. The SMILES string of the molecule is Cc1ncsc1CN1CCCCC1CN.Cl. The van der Waals surface area contributed by atoms with Gasteiger partial charge in [0, 0.05) is 24.0 Å². The van der Waals surface area contributed by atoms with Crippen molar-refractivity contribution >= 4 is 23.7 Å². The van der Waals surface area contributed by atoms with E-state index in [1.54, 1.807) is 11.3 Å². The van der Waals surface area contributed by atoms with Gasteiger partial charge in [0.1, 0.15) is 0 Å². The largest absolute Gasteiger partial charge is 0.329 e. The quantitative estimate of drug-likeness (QED) is 0.907. The van der Waals surface area contributed by atoms with Crippen LogP contribution in [0.4, 0.5) is 0 Å². The molecule has 1 aromatic rings. The molecule has 1 aromatic heterocycles. The van der Waals surface area contributed by atoms with Crippen LogP contribution in [0.2, 0.25) is 0 Å². The second-order valence-electron chi connectivity index (χ2n) is 4.22. The summed E-state index contributed by atoms with van der Waals surface area (Å²) in [5.74, 6) is 0. The van der Waals surface area contributed by atoms with E-state index < -0.39 is 0 Å². The molecule has 0 radical (unpaired) electrons. The van der Waals surface area contributed by atoms with Crippen LogP contribution in [-0.4, -0.2) is 29.0 Å². The lowest BCUT2D eigenvalue weighted by Crippen LogP contribution is -2.43. The first-order chi connectivity index (χ1) is 7.31. The summed E-state index contributed by atoms with van der Waals surface area (Å²) in [5.41, 5.74) is 8.93. The minimum absolute atomic E-state index is 0. The molecule has 2 heterocycles. The lowest BCUT2D eigenvalue weighted by Gasteiger charge is -2.34. The number of aryl methyl sites for hydroxylation is 1. The standard InChI is InChI=1S/C11H19N3S.ClH/c1-9-11(15-8-13-9)7-14-5-3-2-4-10(14)6-12;/h8,10H,2-7,12H2,1H3;1H. The molecular weight excluding hydrogens is 242 g/mol. The topological polar surface area (TPSA) is 42.2 Å². The fourth-order valence-electron chi connectivity index (χ4n) is 2.20. The van der Waals surface area contributed by atoms with E-state index in [-0.39, 0.29) is 12.4 Å². The summed E-state index contributed by atoms with van der Waals surface area (Å²) in [6, 6.07) is 0.584. The van der Waals surface area contributed by atoms with Crippen LogP contribution in [0, 0.1) is 6.92 Å². The minimum Gasteiger partial charge on any atom is -0.329 e.